The van der Waals surface area contributed by atoms with Gasteiger partial charge in [-0.1, -0.05) is 54.5 Å². The number of benzene rings is 1. The molecule has 26 heavy (non-hydrogen) atoms. The maximum atomic E-state index is 4.45. The first-order chi connectivity index (χ1) is 12.8. The number of hydrogen-bond donors (Lipinski definition) is 0. The summed E-state index contributed by atoms with van der Waals surface area (Å²) in [6.45, 7) is 4.01. The predicted octanol–water partition coefficient (Wildman–Crippen LogP) is 3.46. The molecule has 1 aliphatic heterocycles. The summed E-state index contributed by atoms with van der Waals surface area (Å²) in [7, 11) is 0. The van der Waals surface area contributed by atoms with E-state index in [0.717, 1.165) is 50.2 Å². The van der Waals surface area contributed by atoms with Gasteiger partial charge < -0.3 is 0 Å². The number of aromatic nitrogens is 6. The molecular formula is C20H26N6. The molecule has 3 aromatic rings. The molecule has 0 saturated heterocycles. The van der Waals surface area contributed by atoms with E-state index in [-0.39, 0.29) is 0 Å². The smallest absolute Gasteiger partial charge is 0.0920 e. The number of nitrogens with zero attached hydrogens (tertiary/aromatic N) is 6. The van der Waals surface area contributed by atoms with E-state index in [1.807, 2.05) is 4.68 Å². The quantitative estimate of drug-likeness (QED) is 0.584. The van der Waals surface area contributed by atoms with Gasteiger partial charge in [0.1, 0.15) is 0 Å². The Balaban J connectivity index is 1.38. The van der Waals surface area contributed by atoms with Gasteiger partial charge in [0.2, 0.25) is 0 Å². The van der Waals surface area contributed by atoms with Crippen LogP contribution in [0.15, 0.2) is 30.5 Å². The molecule has 0 N–H and O–H groups in total. The molecule has 0 aliphatic carbocycles. The number of aryl methyl sites for hydroxylation is 5. The lowest BCUT2D eigenvalue weighted by molar-refractivity contribution is 0.555. The first-order valence-corrected chi connectivity index (χ1v) is 9.75. The van der Waals surface area contributed by atoms with Crippen LogP contribution in [-0.2, 0) is 32.4 Å². The van der Waals surface area contributed by atoms with Crippen LogP contribution in [0.1, 0.15) is 49.6 Å². The van der Waals surface area contributed by atoms with Crippen molar-refractivity contribution in [3.05, 3.63) is 47.4 Å². The van der Waals surface area contributed by atoms with E-state index < -0.39 is 0 Å². The Morgan fingerprint density at radius 3 is 2.85 bits per heavy atom. The summed E-state index contributed by atoms with van der Waals surface area (Å²) >= 11 is 0. The van der Waals surface area contributed by atoms with Crippen LogP contribution in [0.2, 0.25) is 0 Å². The van der Waals surface area contributed by atoms with Gasteiger partial charge in [-0.05, 0) is 37.7 Å². The monoisotopic (exact) mass is 350 g/mol. The van der Waals surface area contributed by atoms with Crippen molar-refractivity contribution in [2.24, 2.45) is 0 Å². The Morgan fingerprint density at radius 2 is 1.92 bits per heavy atom. The summed E-state index contributed by atoms with van der Waals surface area (Å²) < 4.78 is 4.02. The molecule has 0 atom stereocenters. The molecule has 0 spiro atoms. The molecule has 0 radical (unpaired) electrons. The largest absolute Gasteiger partial charge is 0.252 e. The van der Waals surface area contributed by atoms with Gasteiger partial charge in [-0.2, -0.15) is 0 Å². The lowest BCUT2D eigenvalue weighted by Crippen LogP contribution is -2.12. The molecular weight excluding hydrogens is 324 g/mol. The third kappa shape index (κ3) is 3.54. The lowest BCUT2D eigenvalue weighted by Gasteiger charge is -2.17. The fourth-order valence-electron chi connectivity index (χ4n) is 3.69. The summed E-state index contributed by atoms with van der Waals surface area (Å²) in [4.78, 5) is 0. The Labute approximate surface area is 154 Å². The van der Waals surface area contributed by atoms with E-state index in [2.05, 4.69) is 62.7 Å². The van der Waals surface area contributed by atoms with Crippen LogP contribution >= 0.6 is 0 Å². The van der Waals surface area contributed by atoms with E-state index in [4.69, 9.17) is 0 Å². The minimum absolute atomic E-state index is 0.870. The van der Waals surface area contributed by atoms with E-state index in [0.29, 0.717) is 0 Å². The highest BCUT2D eigenvalue weighted by molar-refractivity contribution is 5.67. The van der Waals surface area contributed by atoms with Crippen LogP contribution in [0.25, 0.3) is 11.3 Å². The van der Waals surface area contributed by atoms with Gasteiger partial charge in [-0.25, -0.2) is 4.68 Å². The van der Waals surface area contributed by atoms with Gasteiger partial charge in [0.05, 0.1) is 17.1 Å². The highest BCUT2D eigenvalue weighted by Gasteiger charge is 2.21. The third-order valence-corrected chi connectivity index (χ3v) is 5.09. The van der Waals surface area contributed by atoms with Crippen LogP contribution < -0.4 is 0 Å². The Morgan fingerprint density at radius 1 is 1.00 bits per heavy atom. The molecule has 0 amide bonds. The molecule has 6 heteroatoms. The van der Waals surface area contributed by atoms with Crippen molar-refractivity contribution in [2.75, 3.05) is 0 Å². The van der Waals surface area contributed by atoms with Gasteiger partial charge in [0.15, 0.2) is 0 Å². The molecule has 0 fully saturated rings. The molecule has 0 bridgehead atoms. The zero-order valence-corrected chi connectivity index (χ0v) is 15.4. The van der Waals surface area contributed by atoms with Crippen LogP contribution in [0, 0.1) is 0 Å². The normalized spacial score (nSPS) is 12.8. The van der Waals surface area contributed by atoms with Gasteiger partial charge in [0.25, 0.3) is 0 Å². The standard InChI is InChI=1S/C20H26N6/c1-2-3-4-9-17-15-25(23-21-17)13-7-11-19-20-18-10-6-5-8-16(18)12-14-26(20)24-22-19/h5-6,8,10,15H,2-4,7,9,11-14H2,1H3. The molecule has 0 saturated carbocycles. The summed E-state index contributed by atoms with van der Waals surface area (Å²) in [5.41, 5.74) is 6.09. The van der Waals surface area contributed by atoms with Crippen molar-refractivity contribution in [1.82, 2.24) is 30.0 Å². The van der Waals surface area contributed by atoms with E-state index in [1.165, 1.54) is 36.1 Å². The molecule has 136 valence electrons. The zero-order chi connectivity index (χ0) is 17.8. The van der Waals surface area contributed by atoms with Crippen molar-refractivity contribution >= 4 is 0 Å². The summed E-state index contributed by atoms with van der Waals surface area (Å²) in [6, 6.07) is 8.61. The van der Waals surface area contributed by atoms with Gasteiger partial charge in [-0.3, -0.25) is 4.68 Å². The van der Waals surface area contributed by atoms with Gasteiger partial charge in [-0.15, -0.1) is 10.2 Å². The lowest BCUT2D eigenvalue weighted by atomic mass is 9.96. The summed E-state index contributed by atoms with van der Waals surface area (Å²) in [5, 5.41) is 17.4. The number of hydrogen-bond acceptors (Lipinski definition) is 4. The Hall–Kier alpha value is -2.50. The van der Waals surface area contributed by atoms with Crippen molar-refractivity contribution in [3.8, 4) is 11.3 Å². The highest BCUT2D eigenvalue weighted by Crippen LogP contribution is 2.31. The number of fused-ring (bicyclic) bond motifs is 3. The van der Waals surface area contributed by atoms with Crippen LogP contribution in [0.3, 0.4) is 0 Å². The highest BCUT2D eigenvalue weighted by atomic mass is 15.4. The topological polar surface area (TPSA) is 61.4 Å². The second-order valence-corrected chi connectivity index (χ2v) is 7.05. The van der Waals surface area contributed by atoms with E-state index in [1.54, 1.807) is 0 Å². The number of unbranched alkanes of at least 4 members (excludes halogenated alkanes) is 2. The maximum absolute atomic E-state index is 4.45. The molecule has 3 heterocycles. The Kier molecular flexibility index (Phi) is 5.09. The predicted molar refractivity (Wildman–Crippen MR) is 101 cm³/mol. The minimum atomic E-state index is 0.870. The van der Waals surface area contributed by atoms with E-state index >= 15 is 0 Å². The molecule has 6 nitrogen and oxygen atoms in total. The average molecular weight is 350 g/mol. The molecule has 4 rings (SSSR count). The van der Waals surface area contributed by atoms with E-state index in [9.17, 15) is 0 Å². The fourth-order valence-corrected chi connectivity index (χ4v) is 3.69. The minimum Gasteiger partial charge on any atom is -0.252 e. The first kappa shape index (κ1) is 16.9. The molecule has 2 aromatic heterocycles. The van der Waals surface area contributed by atoms with Crippen molar-refractivity contribution in [2.45, 2.75) is 65.0 Å². The van der Waals surface area contributed by atoms with Crippen LogP contribution in [0.4, 0.5) is 0 Å². The van der Waals surface area contributed by atoms with Crippen molar-refractivity contribution < 1.29 is 0 Å². The van der Waals surface area contributed by atoms with Crippen LogP contribution in [-0.4, -0.2) is 30.0 Å². The van der Waals surface area contributed by atoms with Gasteiger partial charge in [0, 0.05) is 24.8 Å². The zero-order valence-electron chi connectivity index (χ0n) is 15.4. The first-order valence-electron chi connectivity index (χ1n) is 9.75. The second-order valence-electron chi connectivity index (χ2n) is 7.05. The summed E-state index contributed by atoms with van der Waals surface area (Å²) in [6.07, 6.45) is 9.75. The second kappa shape index (κ2) is 7.81. The van der Waals surface area contributed by atoms with Crippen molar-refractivity contribution in [3.63, 3.8) is 0 Å². The fraction of sp³-hybridized carbons (Fsp3) is 0.500. The molecule has 0 unspecified atom stereocenters. The number of rotatable bonds is 8. The molecule has 1 aromatic carbocycles. The van der Waals surface area contributed by atoms with Gasteiger partial charge >= 0.3 is 0 Å². The molecule has 1 aliphatic rings. The Bertz CT molecular complexity index is 863. The summed E-state index contributed by atoms with van der Waals surface area (Å²) in [5.74, 6) is 0. The SMILES string of the molecule is CCCCCc1cn(CCCc2nnn3c2-c2ccccc2CC3)nn1. The van der Waals surface area contributed by atoms with Crippen molar-refractivity contribution in [1.29, 1.82) is 0 Å². The average Bonchev–Trinajstić information content (AvgIpc) is 3.29. The van der Waals surface area contributed by atoms with Crippen LogP contribution in [0.5, 0.6) is 0 Å². The third-order valence-electron chi connectivity index (χ3n) is 5.09. The maximum Gasteiger partial charge on any atom is 0.0920 e.